The largest absolute Gasteiger partial charge is 0.573 e. The molecule has 12 heteroatoms. The second-order valence-corrected chi connectivity index (χ2v) is 8.24. The summed E-state index contributed by atoms with van der Waals surface area (Å²) in [6.07, 6.45) is 0.0967. The molecule has 0 spiro atoms. The predicted octanol–water partition coefficient (Wildman–Crippen LogP) is 3.94. The molecule has 35 heavy (non-hydrogen) atoms. The summed E-state index contributed by atoms with van der Waals surface area (Å²) in [5.74, 6) is -4.03. The van der Waals surface area contributed by atoms with Crippen LogP contribution >= 0.6 is 0 Å². The summed E-state index contributed by atoms with van der Waals surface area (Å²) >= 11 is 0. The zero-order valence-corrected chi connectivity index (χ0v) is 18.9. The lowest BCUT2D eigenvalue weighted by atomic mass is 9.92. The molecule has 1 aliphatic carbocycles. The van der Waals surface area contributed by atoms with E-state index >= 15 is 0 Å². The van der Waals surface area contributed by atoms with Crippen molar-refractivity contribution in [2.24, 2.45) is 0 Å². The molecule has 1 saturated carbocycles. The standard InChI is InChI=1S/C23H24F5N3O4/c1-12(5-4-6-13(2)35-23(26,27)28)22(7-8-22)31-21(33)30-19-15(11-29-20(19)32)18-16(24)9-14(34-3)10-17(18)25/h4-6,9-10,15,19H,2,7-8,11H2,1,3H3,(H,29,32)(H2,30,31,33)/b6-4-,12-5+/t15-,19-/m0/s1. The molecule has 0 aromatic heterocycles. The average molecular weight is 501 g/mol. The Bertz CT molecular complexity index is 1060. The van der Waals surface area contributed by atoms with E-state index in [0.29, 0.717) is 18.4 Å². The number of halogens is 5. The minimum Gasteiger partial charge on any atom is -0.497 e. The molecule has 2 atom stereocenters. The van der Waals surface area contributed by atoms with Gasteiger partial charge in [-0.3, -0.25) is 4.79 Å². The van der Waals surface area contributed by atoms with Gasteiger partial charge in [-0.1, -0.05) is 18.7 Å². The van der Waals surface area contributed by atoms with Crippen molar-refractivity contribution in [1.29, 1.82) is 0 Å². The number of urea groups is 1. The van der Waals surface area contributed by atoms with Crippen LogP contribution < -0.4 is 20.7 Å². The topological polar surface area (TPSA) is 88.7 Å². The summed E-state index contributed by atoms with van der Waals surface area (Å²) in [6, 6.07) is 0.0296. The van der Waals surface area contributed by atoms with Crippen LogP contribution in [0.1, 0.15) is 31.2 Å². The zero-order chi connectivity index (χ0) is 26.0. The van der Waals surface area contributed by atoms with Crippen LogP contribution in [-0.4, -0.2) is 43.5 Å². The van der Waals surface area contributed by atoms with Crippen LogP contribution in [-0.2, 0) is 9.53 Å². The van der Waals surface area contributed by atoms with Gasteiger partial charge in [0.15, 0.2) is 0 Å². The van der Waals surface area contributed by atoms with E-state index in [1.165, 1.54) is 19.3 Å². The molecule has 3 rings (SSSR count). The third kappa shape index (κ3) is 6.31. The second kappa shape index (κ2) is 9.96. The number of alkyl halides is 3. The molecule has 0 unspecified atom stereocenters. The summed E-state index contributed by atoms with van der Waals surface area (Å²) in [7, 11) is 1.26. The van der Waals surface area contributed by atoms with Gasteiger partial charge >= 0.3 is 12.4 Å². The van der Waals surface area contributed by atoms with Crippen LogP contribution in [0.5, 0.6) is 5.75 Å². The van der Waals surface area contributed by atoms with Crippen LogP contribution in [0.4, 0.5) is 26.7 Å². The first-order valence-electron chi connectivity index (χ1n) is 10.5. The maximum atomic E-state index is 14.6. The number of rotatable bonds is 8. The van der Waals surface area contributed by atoms with Crippen molar-refractivity contribution < 1.29 is 41.0 Å². The van der Waals surface area contributed by atoms with Gasteiger partial charge in [0.25, 0.3) is 0 Å². The molecule has 2 aliphatic rings. The molecule has 1 aromatic carbocycles. The fourth-order valence-electron chi connectivity index (χ4n) is 3.87. The van der Waals surface area contributed by atoms with Crippen molar-refractivity contribution in [3.63, 3.8) is 0 Å². The van der Waals surface area contributed by atoms with E-state index in [-0.39, 0.29) is 17.9 Å². The van der Waals surface area contributed by atoms with Crippen LogP contribution in [0.2, 0.25) is 0 Å². The van der Waals surface area contributed by atoms with Crippen molar-refractivity contribution in [3.05, 3.63) is 65.5 Å². The van der Waals surface area contributed by atoms with Crippen LogP contribution in [0.3, 0.4) is 0 Å². The number of nitrogens with one attached hydrogen (secondary N) is 3. The Morgan fingerprint density at radius 2 is 1.89 bits per heavy atom. The molecule has 1 aromatic rings. The van der Waals surface area contributed by atoms with Gasteiger partial charge in [0.05, 0.1) is 12.6 Å². The first-order valence-corrected chi connectivity index (χ1v) is 10.5. The number of ether oxygens (including phenoxy) is 2. The number of allylic oxidation sites excluding steroid dienone is 3. The van der Waals surface area contributed by atoms with Gasteiger partial charge in [-0.15, -0.1) is 13.2 Å². The molecule has 0 radical (unpaired) electrons. The van der Waals surface area contributed by atoms with Gasteiger partial charge in [-0.25, -0.2) is 13.6 Å². The Labute approximate surface area is 198 Å². The van der Waals surface area contributed by atoms with Crippen molar-refractivity contribution >= 4 is 11.9 Å². The number of carbonyl (C=O) groups is 2. The highest BCUT2D eigenvalue weighted by atomic mass is 19.4. The van der Waals surface area contributed by atoms with Crippen molar-refractivity contribution in [1.82, 2.24) is 16.0 Å². The lowest BCUT2D eigenvalue weighted by Crippen LogP contribution is -2.51. The van der Waals surface area contributed by atoms with Gasteiger partial charge in [0.1, 0.15) is 29.2 Å². The monoisotopic (exact) mass is 501 g/mol. The molecule has 3 N–H and O–H groups in total. The Morgan fingerprint density at radius 1 is 1.26 bits per heavy atom. The van der Waals surface area contributed by atoms with E-state index in [1.54, 1.807) is 6.92 Å². The zero-order valence-electron chi connectivity index (χ0n) is 18.9. The summed E-state index contributed by atoms with van der Waals surface area (Å²) < 4.78 is 74.2. The van der Waals surface area contributed by atoms with Crippen LogP contribution in [0, 0.1) is 11.6 Å². The first-order chi connectivity index (χ1) is 16.3. The van der Waals surface area contributed by atoms with Crippen molar-refractivity contribution in [2.75, 3.05) is 13.7 Å². The quantitative estimate of drug-likeness (QED) is 0.286. The molecule has 0 bridgehead atoms. The predicted molar refractivity (Wildman–Crippen MR) is 115 cm³/mol. The second-order valence-electron chi connectivity index (χ2n) is 8.24. The van der Waals surface area contributed by atoms with Gasteiger partial charge < -0.3 is 25.4 Å². The SMILES string of the molecule is C=C(/C=C\C=C(/C)C1(NC(=O)N[C@@H]2C(=O)NC[C@H]2c2c(F)cc(OC)cc2F)CC1)OC(F)(F)F. The average Bonchev–Trinajstić information content (AvgIpc) is 3.44. The molecule has 2 fully saturated rings. The molecule has 1 aliphatic heterocycles. The summed E-state index contributed by atoms with van der Waals surface area (Å²) in [4.78, 5) is 25.0. The Morgan fingerprint density at radius 3 is 2.43 bits per heavy atom. The summed E-state index contributed by atoms with van der Waals surface area (Å²) in [5.41, 5.74) is -0.469. The summed E-state index contributed by atoms with van der Waals surface area (Å²) in [6.45, 7) is 4.74. The van der Waals surface area contributed by atoms with Gasteiger partial charge in [0, 0.05) is 30.2 Å². The Balaban J connectivity index is 1.67. The lowest BCUT2D eigenvalue weighted by molar-refractivity contribution is -0.303. The van der Waals surface area contributed by atoms with Crippen LogP contribution in [0.15, 0.2) is 48.3 Å². The number of carbonyl (C=O) groups excluding carboxylic acids is 2. The smallest absolute Gasteiger partial charge is 0.497 e. The van der Waals surface area contributed by atoms with E-state index in [9.17, 15) is 31.5 Å². The molecular weight excluding hydrogens is 477 g/mol. The van der Waals surface area contributed by atoms with E-state index in [1.807, 2.05) is 0 Å². The molecular formula is C23H24F5N3O4. The highest BCUT2D eigenvalue weighted by molar-refractivity contribution is 5.90. The highest BCUT2D eigenvalue weighted by Gasteiger charge is 2.47. The Hall–Kier alpha value is -3.57. The number of amides is 3. The molecule has 1 saturated heterocycles. The number of methoxy groups -OCH3 is 1. The van der Waals surface area contributed by atoms with Crippen molar-refractivity contribution in [2.45, 2.75) is 43.6 Å². The lowest BCUT2D eigenvalue weighted by Gasteiger charge is -2.23. The third-order valence-corrected chi connectivity index (χ3v) is 5.86. The molecule has 1 heterocycles. The highest BCUT2D eigenvalue weighted by Crippen LogP contribution is 2.42. The van der Waals surface area contributed by atoms with Gasteiger partial charge in [0.2, 0.25) is 5.91 Å². The van der Waals surface area contributed by atoms with Crippen LogP contribution in [0.25, 0.3) is 0 Å². The molecule has 3 amide bonds. The minimum absolute atomic E-state index is 0.0242. The van der Waals surface area contributed by atoms with Gasteiger partial charge in [-0.2, -0.15) is 0 Å². The van der Waals surface area contributed by atoms with Crippen molar-refractivity contribution in [3.8, 4) is 5.75 Å². The summed E-state index contributed by atoms with van der Waals surface area (Å²) in [5, 5.41) is 7.71. The number of benzene rings is 1. The number of hydrogen-bond donors (Lipinski definition) is 3. The van der Waals surface area contributed by atoms with E-state index in [4.69, 9.17) is 4.74 Å². The maximum Gasteiger partial charge on any atom is 0.573 e. The molecule has 190 valence electrons. The fourth-order valence-corrected chi connectivity index (χ4v) is 3.87. The maximum absolute atomic E-state index is 14.6. The normalized spacial score (nSPS) is 21.5. The minimum atomic E-state index is -4.85. The fraction of sp³-hybridized carbons (Fsp3) is 0.391. The van der Waals surface area contributed by atoms with E-state index in [2.05, 4.69) is 27.3 Å². The number of hydrogen-bond acceptors (Lipinski definition) is 4. The molecule has 7 nitrogen and oxygen atoms in total. The van der Waals surface area contributed by atoms with E-state index < -0.39 is 53.2 Å². The first kappa shape index (κ1) is 26.0. The third-order valence-electron chi connectivity index (χ3n) is 5.86. The Kier molecular flexibility index (Phi) is 7.41. The van der Waals surface area contributed by atoms with Gasteiger partial charge in [-0.05, 0) is 31.4 Å². The van der Waals surface area contributed by atoms with E-state index in [0.717, 1.165) is 18.2 Å².